The van der Waals surface area contributed by atoms with E-state index in [-0.39, 0.29) is 5.91 Å². The summed E-state index contributed by atoms with van der Waals surface area (Å²) in [4.78, 5) is 29.4. The molecule has 0 bridgehead atoms. The molecule has 2 heterocycles. The van der Waals surface area contributed by atoms with E-state index in [1.807, 2.05) is 59.5 Å². The van der Waals surface area contributed by atoms with Gasteiger partial charge in [0.05, 0.1) is 19.2 Å². The number of fused-ring (bicyclic) bond motifs is 3. The number of benzene rings is 3. The van der Waals surface area contributed by atoms with E-state index in [4.69, 9.17) is 16.3 Å². The molecule has 3 aromatic rings. The van der Waals surface area contributed by atoms with Gasteiger partial charge in [-0.05, 0) is 59.2 Å². The SMILES string of the molecule is COC(=O)[C@@]1(C#N)[C@H](c2ccc(Br)cc2)[C@H](C(=O)Nc2ccc(Cl)cc2)N2C=Cc3ccccc3[C@@H]21. The Bertz CT molecular complexity index is 1400. The number of anilines is 1. The van der Waals surface area contributed by atoms with Crippen LogP contribution in [-0.4, -0.2) is 29.9 Å². The molecule has 1 N–H and O–H groups in total. The van der Waals surface area contributed by atoms with Gasteiger partial charge in [-0.1, -0.05) is 63.9 Å². The lowest BCUT2D eigenvalue weighted by Crippen LogP contribution is -2.42. The van der Waals surface area contributed by atoms with E-state index in [1.165, 1.54) is 7.11 Å². The quantitative estimate of drug-likeness (QED) is 0.399. The summed E-state index contributed by atoms with van der Waals surface area (Å²) in [5, 5.41) is 14.2. The van der Waals surface area contributed by atoms with Crippen LogP contribution in [0.2, 0.25) is 5.02 Å². The van der Waals surface area contributed by atoms with Gasteiger partial charge < -0.3 is 15.0 Å². The normalized spacial score (nSPS) is 23.8. The molecule has 0 aliphatic carbocycles. The number of halogens is 2. The van der Waals surface area contributed by atoms with Crippen molar-refractivity contribution in [2.75, 3.05) is 12.4 Å². The monoisotopic (exact) mass is 561 g/mol. The number of esters is 1. The highest BCUT2D eigenvalue weighted by Gasteiger charge is 2.67. The first-order valence-corrected chi connectivity index (χ1v) is 12.4. The second kappa shape index (κ2) is 9.45. The number of rotatable bonds is 4. The fourth-order valence-electron chi connectivity index (χ4n) is 5.38. The molecule has 3 aromatic carbocycles. The van der Waals surface area contributed by atoms with E-state index in [1.54, 1.807) is 30.5 Å². The Hall–Kier alpha value is -3.60. The first-order valence-electron chi connectivity index (χ1n) is 11.3. The summed E-state index contributed by atoms with van der Waals surface area (Å²) < 4.78 is 6.10. The molecule has 0 saturated carbocycles. The van der Waals surface area contributed by atoms with Crippen LogP contribution in [0.3, 0.4) is 0 Å². The van der Waals surface area contributed by atoms with Crippen molar-refractivity contribution in [3.63, 3.8) is 0 Å². The Morgan fingerprint density at radius 3 is 2.44 bits per heavy atom. The zero-order valence-electron chi connectivity index (χ0n) is 19.2. The zero-order valence-corrected chi connectivity index (χ0v) is 21.5. The molecule has 5 rings (SSSR count). The van der Waals surface area contributed by atoms with Gasteiger partial charge in [0.1, 0.15) is 6.04 Å². The molecule has 2 aliphatic heterocycles. The van der Waals surface area contributed by atoms with Crippen LogP contribution in [0.4, 0.5) is 5.69 Å². The Balaban J connectivity index is 1.72. The van der Waals surface area contributed by atoms with Gasteiger partial charge in [-0.25, -0.2) is 0 Å². The highest BCUT2D eigenvalue weighted by Crippen LogP contribution is 2.60. The third-order valence-corrected chi connectivity index (χ3v) is 7.67. The molecule has 36 heavy (non-hydrogen) atoms. The van der Waals surface area contributed by atoms with Crippen molar-refractivity contribution in [1.82, 2.24) is 4.90 Å². The molecule has 0 aromatic heterocycles. The fraction of sp³-hybridized carbons (Fsp3) is 0.179. The number of methoxy groups -OCH3 is 1. The average molecular weight is 563 g/mol. The summed E-state index contributed by atoms with van der Waals surface area (Å²) in [6.45, 7) is 0. The number of carbonyl (C=O) groups is 2. The van der Waals surface area contributed by atoms with Crippen molar-refractivity contribution < 1.29 is 14.3 Å². The number of ether oxygens (including phenoxy) is 1. The first-order chi connectivity index (χ1) is 17.4. The molecule has 8 heteroatoms. The van der Waals surface area contributed by atoms with Crippen LogP contribution in [0.1, 0.15) is 28.7 Å². The van der Waals surface area contributed by atoms with E-state index < -0.39 is 29.4 Å². The van der Waals surface area contributed by atoms with Gasteiger partial charge in [-0.15, -0.1) is 0 Å². The van der Waals surface area contributed by atoms with Crippen LogP contribution in [0.25, 0.3) is 6.08 Å². The van der Waals surface area contributed by atoms with Gasteiger partial charge in [0.2, 0.25) is 5.91 Å². The lowest BCUT2D eigenvalue weighted by atomic mass is 9.67. The van der Waals surface area contributed by atoms with Crippen molar-refractivity contribution >= 4 is 51.2 Å². The highest BCUT2D eigenvalue weighted by atomic mass is 79.9. The van der Waals surface area contributed by atoms with Crippen LogP contribution in [0.5, 0.6) is 0 Å². The van der Waals surface area contributed by atoms with Crippen molar-refractivity contribution in [3.8, 4) is 6.07 Å². The summed E-state index contributed by atoms with van der Waals surface area (Å²) in [7, 11) is 1.27. The van der Waals surface area contributed by atoms with Gasteiger partial charge in [-0.2, -0.15) is 5.26 Å². The van der Waals surface area contributed by atoms with E-state index in [9.17, 15) is 14.9 Å². The summed E-state index contributed by atoms with van der Waals surface area (Å²) in [6.07, 6.45) is 3.70. The van der Waals surface area contributed by atoms with Crippen LogP contribution in [0, 0.1) is 16.7 Å². The molecule has 1 amide bonds. The lowest BCUT2D eigenvalue weighted by molar-refractivity contribution is -0.151. The Morgan fingerprint density at radius 1 is 1.08 bits per heavy atom. The second-order valence-electron chi connectivity index (χ2n) is 8.74. The molecular formula is C28H21BrClN3O3. The summed E-state index contributed by atoms with van der Waals surface area (Å²) in [6, 6.07) is 22.4. The van der Waals surface area contributed by atoms with Gasteiger partial charge in [0.15, 0.2) is 5.41 Å². The molecule has 0 spiro atoms. The van der Waals surface area contributed by atoms with Gasteiger partial charge >= 0.3 is 5.97 Å². The standard InChI is InChI=1S/C28H21BrClN3O3/c1-36-27(35)28(16-31)23(18-6-8-19(29)9-7-18)24(26(34)32-21-12-10-20(30)11-13-21)33-15-14-17-4-2-3-5-22(17)25(28)33/h2-15,23-25H,1H3,(H,32,34)/t23-,24-,25-,28+/m1/s1. The Labute approximate surface area is 222 Å². The number of nitrogens with zero attached hydrogens (tertiary/aromatic N) is 2. The topological polar surface area (TPSA) is 82.4 Å². The summed E-state index contributed by atoms with van der Waals surface area (Å²) >= 11 is 9.47. The van der Waals surface area contributed by atoms with Gasteiger partial charge in [0, 0.05) is 27.3 Å². The predicted molar refractivity (Wildman–Crippen MR) is 141 cm³/mol. The molecule has 1 saturated heterocycles. The van der Waals surface area contributed by atoms with Crippen LogP contribution in [0.15, 0.2) is 83.5 Å². The van der Waals surface area contributed by atoms with Gasteiger partial charge in [0.25, 0.3) is 0 Å². The third kappa shape index (κ3) is 3.78. The lowest BCUT2D eigenvalue weighted by Gasteiger charge is -2.35. The molecule has 6 nitrogen and oxygen atoms in total. The minimum Gasteiger partial charge on any atom is -0.468 e. The van der Waals surface area contributed by atoms with E-state index in [0.29, 0.717) is 16.3 Å². The molecule has 0 radical (unpaired) electrons. The predicted octanol–water partition coefficient (Wildman–Crippen LogP) is 5.92. The molecule has 0 unspecified atom stereocenters. The van der Waals surface area contributed by atoms with Crippen LogP contribution >= 0.6 is 27.5 Å². The average Bonchev–Trinajstić information content (AvgIpc) is 3.22. The Morgan fingerprint density at radius 2 is 1.78 bits per heavy atom. The summed E-state index contributed by atoms with van der Waals surface area (Å²) in [5.74, 6) is -1.85. The number of hydrogen-bond acceptors (Lipinski definition) is 5. The minimum atomic E-state index is -1.69. The second-order valence-corrected chi connectivity index (χ2v) is 10.1. The van der Waals surface area contributed by atoms with Crippen LogP contribution < -0.4 is 5.32 Å². The Kier molecular flexibility index (Phi) is 6.33. The van der Waals surface area contributed by atoms with Crippen LogP contribution in [-0.2, 0) is 14.3 Å². The van der Waals surface area contributed by atoms with Crippen molar-refractivity contribution in [3.05, 3.63) is 105 Å². The number of hydrogen-bond donors (Lipinski definition) is 1. The van der Waals surface area contributed by atoms with Crippen molar-refractivity contribution in [2.45, 2.75) is 18.0 Å². The zero-order chi connectivity index (χ0) is 25.4. The maximum atomic E-state index is 13.9. The van der Waals surface area contributed by atoms with E-state index in [2.05, 4.69) is 27.3 Å². The molecule has 2 aliphatic rings. The molecular weight excluding hydrogens is 542 g/mol. The maximum Gasteiger partial charge on any atom is 0.329 e. The van der Waals surface area contributed by atoms with E-state index >= 15 is 0 Å². The number of nitrogens with one attached hydrogen (secondary N) is 1. The third-order valence-electron chi connectivity index (χ3n) is 6.89. The maximum absolute atomic E-state index is 13.9. The molecule has 1 fully saturated rings. The molecule has 180 valence electrons. The largest absolute Gasteiger partial charge is 0.468 e. The summed E-state index contributed by atoms with van der Waals surface area (Å²) in [5.41, 5.74) is 1.23. The number of amides is 1. The number of nitriles is 1. The van der Waals surface area contributed by atoms with Crippen molar-refractivity contribution in [1.29, 1.82) is 5.26 Å². The fourth-order valence-corrected chi connectivity index (χ4v) is 5.78. The van der Waals surface area contributed by atoms with Crippen molar-refractivity contribution in [2.24, 2.45) is 5.41 Å². The van der Waals surface area contributed by atoms with Gasteiger partial charge in [-0.3, -0.25) is 9.59 Å². The highest BCUT2D eigenvalue weighted by molar-refractivity contribution is 9.10. The first kappa shape index (κ1) is 24.1. The smallest absolute Gasteiger partial charge is 0.329 e. The number of carbonyl (C=O) groups excluding carboxylic acids is 2. The van der Waals surface area contributed by atoms with E-state index in [0.717, 1.165) is 15.6 Å². The molecule has 4 atom stereocenters. The minimum absolute atomic E-state index is 0.347.